The highest BCUT2D eigenvalue weighted by Gasteiger charge is 2.36. The first-order valence-electron chi connectivity index (χ1n) is 8.90. The smallest absolute Gasteiger partial charge is 0.338 e. The van der Waals surface area contributed by atoms with E-state index in [1.807, 2.05) is 30.3 Å². The zero-order valence-corrected chi connectivity index (χ0v) is 15.2. The van der Waals surface area contributed by atoms with Gasteiger partial charge in [0.05, 0.1) is 22.4 Å². The normalized spacial score (nSPS) is 14.0. The van der Waals surface area contributed by atoms with E-state index in [2.05, 4.69) is 0 Å². The molecule has 4 rings (SSSR count). The molecule has 28 heavy (non-hydrogen) atoms. The number of ether oxygens (including phenoxy) is 1. The fourth-order valence-electron chi connectivity index (χ4n) is 3.19. The van der Waals surface area contributed by atoms with Gasteiger partial charge in [-0.15, -0.1) is 0 Å². The van der Waals surface area contributed by atoms with Crippen LogP contribution in [0.1, 0.15) is 49.7 Å². The number of amides is 2. The van der Waals surface area contributed by atoms with Crippen LogP contribution in [0.15, 0.2) is 78.9 Å². The minimum absolute atomic E-state index is 0.350. The number of fused-ring (bicyclic) bond motifs is 1. The standard InChI is InChI=1S/C23H17NO4/c1-15(16-7-3-2-4-8-16)28-23(27)17-11-13-18(14-12-17)24-21(25)19-9-5-6-10-20(19)22(24)26/h2-15H,1H3. The maximum absolute atomic E-state index is 12.5. The van der Waals surface area contributed by atoms with Crippen LogP contribution in [-0.2, 0) is 4.74 Å². The predicted octanol–water partition coefficient (Wildman–Crippen LogP) is 4.41. The maximum Gasteiger partial charge on any atom is 0.338 e. The lowest BCUT2D eigenvalue weighted by Gasteiger charge is -2.16. The second kappa shape index (κ2) is 7.12. The molecule has 0 spiro atoms. The molecule has 1 aliphatic rings. The number of hydrogen-bond acceptors (Lipinski definition) is 4. The first-order chi connectivity index (χ1) is 13.6. The Balaban J connectivity index is 1.51. The monoisotopic (exact) mass is 371 g/mol. The summed E-state index contributed by atoms with van der Waals surface area (Å²) in [6, 6.07) is 22.4. The van der Waals surface area contributed by atoms with E-state index in [0.717, 1.165) is 10.5 Å². The Kier molecular flexibility index (Phi) is 4.49. The zero-order valence-electron chi connectivity index (χ0n) is 15.2. The molecule has 1 atom stereocenters. The van der Waals surface area contributed by atoms with Crippen molar-refractivity contribution in [2.45, 2.75) is 13.0 Å². The second-order valence-electron chi connectivity index (χ2n) is 6.50. The lowest BCUT2D eigenvalue weighted by Crippen LogP contribution is -2.29. The van der Waals surface area contributed by atoms with E-state index in [0.29, 0.717) is 22.4 Å². The van der Waals surface area contributed by atoms with Gasteiger partial charge in [-0.3, -0.25) is 9.59 Å². The molecular formula is C23H17NO4. The molecule has 138 valence electrons. The number of carbonyl (C=O) groups is 3. The summed E-state index contributed by atoms with van der Waals surface area (Å²) in [5.41, 5.74) is 2.43. The fraction of sp³-hybridized carbons (Fsp3) is 0.0870. The van der Waals surface area contributed by atoms with E-state index < -0.39 is 5.97 Å². The molecule has 1 aliphatic heterocycles. The third-order valence-electron chi connectivity index (χ3n) is 4.71. The maximum atomic E-state index is 12.5. The molecule has 0 radical (unpaired) electrons. The average Bonchev–Trinajstić information content (AvgIpc) is 2.99. The summed E-state index contributed by atoms with van der Waals surface area (Å²) in [7, 11) is 0. The van der Waals surface area contributed by atoms with E-state index in [1.54, 1.807) is 55.5 Å². The van der Waals surface area contributed by atoms with E-state index in [-0.39, 0.29) is 17.9 Å². The summed E-state index contributed by atoms with van der Waals surface area (Å²) in [4.78, 5) is 38.6. The molecular weight excluding hydrogens is 354 g/mol. The van der Waals surface area contributed by atoms with Crippen molar-refractivity contribution in [2.75, 3.05) is 4.90 Å². The number of nitrogens with zero attached hydrogens (tertiary/aromatic N) is 1. The number of rotatable bonds is 4. The van der Waals surface area contributed by atoms with Gasteiger partial charge < -0.3 is 4.74 Å². The Morgan fingerprint density at radius 2 is 1.32 bits per heavy atom. The van der Waals surface area contributed by atoms with Crippen molar-refractivity contribution < 1.29 is 19.1 Å². The van der Waals surface area contributed by atoms with Gasteiger partial charge in [0.2, 0.25) is 0 Å². The Morgan fingerprint density at radius 1 is 0.786 bits per heavy atom. The van der Waals surface area contributed by atoms with Crippen LogP contribution < -0.4 is 4.90 Å². The largest absolute Gasteiger partial charge is 0.454 e. The molecule has 0 aromatic heterocycles. The highest BCUT2D eigenvalue weighted by Crippen LogP contribution is 2.28. The van der Waals surface area contributed by atoms with Crippen LogP contribution in [0.25, 0.3) is 0 Å². The van der Waals surface area contributed by atoms with E-state index in [1.165, 1.54) is 0 Å². The Bertz CT molecular complexity index is 1020. The summed E-state index contributed by atoms with van der Waals surface area (Å²) >= 11 is 0. The molecule has 0 aliphatic carbocycles. The van der Waals surface area contributed by atoms with E-state index in [9.17, 15) is 14.4 Å². The van der Waals surface area contributed by atoms with Crippen LogP contribution in [0, 0.1) is 0 Å². The first kappa shape index (κ1) is 17.7. The highest BCUT2D eigenvalue weighted by atomic mass is 16.5. The van der Waals surface area contributed by atoms with Crippen molar-refractivity contribution in [3.05, 3.63) is 101 Å². The molecule has 0 saturated carbocycles. The zero-order chi connectivity index (χ0) is 19.7. The van der Waals surface area contributed by atoms with Crippen LogP contribution in [0.4, 0.5) is 5.69 Å². The van der Waals surface area contributed by atoms with E-state index in [4.69, 9.17) is 4.74 Å². The predicted molar refractivity (Wildman–Crippen MR) is 104 cm³/mol. The number of imide groups is 1. The third-order valence-corrected chi connectivity index (χ3v) is 4.71. The Morgan fingerprint density at radius 3 is 1.89 bits per heavy atom. The first-order valence-corrected chi connectivity index (χ1v) is 8.90. The molecule has 0 saturated heterocycles. The van der Waals surface area contributed by atoms with Crippen molar-refractivity contribution in [1.82, 2.24) is 0 Å². The van der Waals surface area contributed by atoms with Gasteiger partial charge in [0.15, 0.2) is 0 Å². The van der Waals surface area contributed by atoms with Crippen molar-refractivity contribution >= 4 is 23.5 Å². The topological polar surface area (TPSA) is 63.7 Å². The molecule has 3 aromatic carbocycles. The van der Waals surface area contributed by atoms with Crippen LogP contribution in [0.5, 0.6) is 0 Å². The lowest BCUT2D eigenvalue weighted by molar-refractivity contribution is 0.0337. The van der Waals surface area contributed by atoms with Crippen molar-refractivity contribution in [1.29, 1.82) is 0 Å². The second-order valence-corrected chi connectivity index (χ2v) is 6.50. The number of esters is 1. The van der Waals surface area contributed by atoms with Crippen molar-refractivity contribution in [3.63, 3.8) is 0 Å². The van der Waals surface area contributed by atoms with Crippen LogP contribution in [0.2, 0.25) is 0 Å². The third kappa shape index (κ3) is 3.07. The average molecular weight is 371 g/mol. The summed E-state index contributed by atoms with van der Waals surface area (Å²) in [5, 5.41) is 0. The molecule has 5 heteroatoms. The van der Waals surface area contributed by atoms with Gasteiger partial charge in [-0.2, -0.15) is 0 Å². The molecule has 0 bridgehead atoms. The SMILES string of the molecule is CC(OC(=O)c1ccc(N2C(=O)c3ccccc3C2=O)cc1)c1ccccc1. The van der Waals surface area contributed by atoms with Gasteiger partial charge in [0.1, 0.15) is 6.10 Å². The number of anilines is 1. The van der Waals surface area contributed by atoms with Gasteiger partial charge in [-0.25, -0.2) is 9.69 Å². The van der Waals surface area contributed by atoms with E-state index >= 15 is 0 Å². The molecule has 1 unspecified atom stereocenters. The number of carbonyl (C=O) groups excluding carboxylic acids is 3. The lowest BCUT2D eigenvalue weighted by atomic mass is 10.1. The minimum Gasteiger partial charge on any atom is -0.454 e. The molecule has 2 amide bonds. The summed E-state index contributed by atoms with van der Waals surface area (Å²) < 4.78 is 5.49. The number of hydrogen-bond donors (Lipinski definition) is 0. The van der Waals surface area contributed by atoms with Gasteiger partial charge in [0, 0.05) is 0 Å². The molecule has 5 nitrogen and oxygen atoms in total. The Hall–Kier alpha value is -3.73. The van der Waals surface area contributed by atoms with Gasteiger partial charge in [-0.1, -0.05) is 42.5 Å². The molecule has 3 aromatic rings. The minimum atomic E-state index is -0.467. The summed E-state index contributed by atoms with van der Waals surface area (Å²) in [6.45, 7) is 1.81. The molecule has 0 fully saturated rings. The summed E-state index contributed by atoms with van der Waals surface area (Å²) in [6.07, 6.45) is -0.385. The van der Waals surface area contributed by atoms with Crippen LogP contribution >= 0.6 is 0 Å². The molecule has 1 heterocycles. The fourth-order valence-corrected chi connectivity index (χ4v) is 3.19. The Labute approximate surface area is 162 Å². The van der Waals surface area contributed by atoms with Crippen LogP contribution in [-0.4, -0.2) is 17.8 Å². The number of benzene rings is 3. The molecule has 0 N–H and O–H groups in total. The van der Waals surface area contributed by atoms with Gasteiger partial charge >= 0.3 is 5.97 Å². The van der Waals surface area contributed by atoms with Gasteiger partial charge in [-0.05, 0) is 48.9 Å². The summed E-state index contributed by atoms with van der Waals surface area (Å²) in [5.74, 6) is -1.20. The quantitative estimate of drug-likeness (QED) is 0.504. The van der Waals surface area contributed by atoms with Gasteiger partial charge in [0.25, 0.3) is 11.8 Å². The highest BCUT2D eigenvalue weighted by molar-refractivity contribution is 6.34. The van der Waals surface area contributed by atoms with Crippen molar-refractivity contribution in [2.24, 2.45) is 0 Å². The van der Waals surface area contributed by atoms with Crippen LogP contribution in [0.3, 0.4) is 0 Å². The van der Waals surface area contributed by atoms with Crippen molar-refractivity contribution in [3.8, 4) is 0 Å².